The third-order valence-electron chi connectivity index (χ3n) is 9.63. The molecule has 6 aromatic heterocycles. The Hall–Kier alpha value is -7.26. The lowest BCUT2D eigenvalue weighted by Gasteiger charge is -2.14. The number of rotatable bonds is 8. The van der Waals surface area contributed by atoms with Gasteiger partial charge in [0.05, 0.1) is 17.1 Å². The Kier molecular flexibility index (Phi) is 8.08. The van der Waals surface area contributed by atoms with Gasteiger partial charge in [-0.25, -0.2) is 29.9 Å². The summed E-state index contributed by atoms with van der Waals surface area (Å²) in [7, 11) is 0. The average molecular weight is 702 g/mol. The Balaban J connectivity index is 1.30. The molecule has 9 aromatic rings. The van der Waals surface area contributed by atoms with Crippen LogP contribution in [0.1, 0.15) is 34.2 Å². The molecule has 9 rings (SSSR count). The van der Waals surface area contributed by atoms with Crippen molar-refractivity contribution in [3.05, 3.63) is 181 Å². The lowest BCUT2D eigenvalue weighted by molar-refractivity contribution is 1.02. The zero-order valence-corrected chi connectivity index (χ0v) is 30.1. The molecule has 9 nitrogen and oxygen atoms in total. The standard InChI is InChI=1S/C45H35N9/c1-29-14-5-8-20-37(29)52-40(49-34-17-11-25-46-43(34)52)24-23-33(42-51-36-19-13-27-48-45(36)54(42)39-22-10-7-16-31(39)3)28-32(4)41-50-35-18-12-26-47-44(35)53(41)38-21-9-6-15-30(38)2/h5-28H,4H2,1-3H3. The highest BCUT2D eigenvalue weighted by Gasteiger charge is 2.21. The van der Waals surface area contributed by atoms with Crippen molar-refractivity contribution in [2.45, 2.75) is 20.8 Å². The molecule has 0 saturated heterocycles. The van der Waals surface area contributed by atoms with Crippen molar-refractivity contribution >= 4 is 50.7 Å². The van der Waals surface area contributed by atoms with Crippen LogP contribution in [0.3, 0.4) is 0 Å². The van der Waals surface area contributed by atoms with E-state index in [2.05, 4.69) is 83.5 Å². The third-order valence-corrected chi connectivity index (χ3v) is 9.63. The zero-order valence-electron chi connectivity index (χ0n) is 30.1. The molecule has 0 amide bonds. The molecule has 260 valence electrons. The average Bonchev–Trinajstić information content (AvgIpc) is 3.89. The summed E-state index contributed by atoms with van der Waals surface area (Å²) in [4.78, 5) is 29.7. The maximum atomic E-state index is 5.23. The molecule has 9 heteroatoms. The van der Waals surface area contributed by atoms with Crippen molar-refractivity contribution in [1.82, 2.24) is 43.6 Å². The summed E-state index contributed by atoms with van der Waals surface area (Å²) < 4.78 is 6.30. The maximum Gasteiger partial charge on any atom is 0.164 e. The Morgan fingerprint density at radius 2 is 0.926 bits per heavy atom. The van der Waals surface area contributed by atoms with E-state index in [-0.39, 0.29) is 0 Å². The van der Waals surface area contributed by atoms with Gasteiger partial charge in [-0.15, -0.1) is 0 Å². The lowest BCUT2D eigenvalue weighted by atomic mass is 10.1. The number of benzene rings is 3. The van der Waals surface area contributed by atoms with Gasteiger partial charge in [0.25, 0.3) is 0 Å². The van der Waals surface area contributed by atoms with Crippen LogP contribution in [0.4, 0.5) is 0 Å². The summed E-state index contributed by atoms with van der Waals surface area (Å²) in [6.45, 7) is 10.9. The quantitative estimate of drug-likeness (QED) is 0.147. The summed E-state index contributed by atoms with van der Waals surface area (Å²) >= 11 is 0. The highest BCUT2D eigenvalue weighted by Crippen LogP contribution is 2.33. The largest absolute Gasteiger partial charge is 0.277 e. The van der Waals surface area contributed by atoms with Crippen LogP contribution < -0.4 is 0 Å². The van der Waals surface area contributed by atoms with Crippen LogP contribution in [0.5, 0.6) is 0 Å². The van der Waals surface area contributed by atoms with E-state index in [1.54, 1.807) is 18.6 Å². The van der Waals surface area contributed by atoms with Crippen LogP contribution in [0.15, 0.2) is 147 Å². The molecule has 0 unspecified atom stereocenters. The molecule has 0 saturated carbocycles. The fraction of sp³-hybridized carbons (Fsp3) is 0.0667. The second-order valence-electron chi connectivity index (χ2n) is 13.2. The first-order chi connectivity index (χ1) is 26.5. The van der Waals surface area contributed by atoms with E-state index in [4.69, 9.17) is 29.9 Å². The molecule has 0 spiro atoms. The first-order valence-corrected chi connectivity index (χ1v) is 17.7. The van der Waals surface area contributed by atoms with E-state index in [1.807, 2.05) is 84.9 Å². The molecule has 0 atom stereocenters. The normalized spacial score (nSPS) is 12.1. The minimum Gasteiger partial charge on any atom is -0.277 e. The van der Waals surface area contributed by atoms with E-state index in [9.17, 15) is 0 Å². The highest BCUT2D eigenvalue weighted by atomic mass is 15.2. The molecule has 0 radical (unpaired) electrons. The molecule has 6 heterocycles. The van der Waals surface area contributed by atoms with E-state index in [1.165, 1.54) is 0 Å². The molecular weight excluding hydrogens is 667 g/mol. The third kappa shape index (κ3) is 5.59. The van der Waals surface area contributed by atoms with Gasteiger partial charge in [-0.05, 0) is 110 Å². The Labute approximate surface area is 312 Å². The van der Waals surface area contributed by atoms with Crippen molar-refractivity contribution in [3.8, 4) is 17.1 Å². The fourth-order valence-electron chi connectivity index (χ4n) is 7.02. The lowest BCUT2D eigenvalue weighted by Crippen LogP contribution is -2.05. The van der Waals surface area contributed by atoms with E-state index in [0.717, 1.165) is 78.6 Å². The van der Waals surface area contributed by atoms with Crippen molar-refractivity contribution in [2.75, 3.05) is 0 Å². The highest BCUT2D eigenvalue weighted by molar-refractivity contribution is 5.91. The number of fused-ring (bicyclic) bond motifs is 3. The number of allylic oxidation sites excluding steroid dienone is 4. The molecule has 0 aliphatic heterocycles. The number of imidazole rings is 3. The van der Waals surface area contributed by atoms with Crippen LogP contribution in [0.25, 0.3) is 67.8 Å². The maximum absolute atomic E-state index is 5.23. The number of aromatic nitrogens is 9. The summed E-state index contributed by atoms with van der Waals surface area (Å²) in [5, 5.41) is 0. The minimum absolute atomic E-state index is 0.678. The van der Waals surface area contributed by atoms with Crippen LogP contribution in [-0.2, 0) is 0 Å². The van der Waals surface area contributed by atoms with Gasteiger partial charge in [0.15, 0.2) is 16.9 Å². The molecule has 0 fully saturated rings. The van der Waals surface area contributed by atoms with E-state index >= 15 is 0 Å². The van der Waals surface area contributed by atoms with Crippen LogP contribution >= 0.6 is 0 Å². The Morgan fingerprint density at radius 1 is 0.500 bits per heavy atom. The molecular formula is C45H35N9. The molecule has 0 aliphatic carbocycles. The first kappa shape index (κ1) is 32.6. The van der Waals surface area contributed by atoms with Gasteiger partial charge < -0.3 is 0 Å². The SMILES string of the molecule is C=C(C=C(C=Cc1nc2cccnc2n1-c1ccccc1C)c1nc2cccnc2n1-c1ccccc1C)c1nc2cccnc2n1-c1ccccc1C. The minimum atomic E-state index is 0.678. The summed E-state index contributed by atoms with van der Waals surface area (Å²) in [5.74, 6) is 2.10. The first-order valence-electron chi connectivity index (χ1n) is 17.7. The zero-order chi connectivity index (χ0) is 36.8. The van der Waals surface area contributed by atoms with E-state index in [0.29, 0.717) is 17.2 Å². The second kappa shape index (κ2) is 13.4. The number of hydrogen-bond donors (Lipinski definition) is 0. The predicted molar refractivity (Wildman–Crippen MR) is 217 cm³/mol. The van der Waals surface area contributed by atoms with Gasteiger partial charge in [-0.2, -0.15) is 0 Å². The van der Waals surface area contributed by atoms with Gasteiger partial charge in [0.2, 0.25) is 0 Å². The van der Waals surface area contributed by atoms with Gasteiger partial charge in [0, 0.05) is 29.7 Å². The Bertz CT molecular complexity index is 2960. The number of aryl methyl sites for hydroxylation is 3. The van der Waals surface area contributed by atoms with Crippen molar-refractivity contribution < 1.29 is 0 Å². The Morgan fingerprint density at radius 3 is 1.44 bits per heavy atom. The van der Waals surface area contributed by atoms with Gasteiger partial charge in [-0.3, -0.25) is 13.7 Å². The molecule has 3 aromatic carbocycles. The second-order valence-corrected chi connectivity index (χ2v) is 13.2. The summed E-state index contributed by atoms with van der Waals surface area (Å²) in [6.07, 6.45) is 11.5. The molecule has 0 aliphatic rings. The molecule has 54 heavy (non-hydrogen) atoms. The predicted octanol–water partition coefficient (Wildman–Crippen LogP) is 9.62. The number of nitrogens with zero attached hydrogens (tertiary/aromatic N) is 9. The van der Waals surface area contributed by atoms with Crippen molar-refractivity contribution in [3.63, 3.8) is 0 Å². The molecule has 0 bridgehead atoms. The van der Waals surface area contributed by atoms with Crippen molar-refractivity contribution in [2.24, 2.45) is 0 Å². The monoisotopic (exact) mass is 701 g/mol. The molecule has 0 N–H and O–H groups in total. The summed E-state index contributed by atoms with van der Waals surface area (Å²) in [5.41, 5.74) is 12.3. The smallest absolute Gasteiger partial charge is 0.164 e. The number of pyridine rings is 3. The van der Waals surface area contributed by atoms with Crippen molar-refractivity contribution in [1.29, 1.82) is 0 Å². The van der Waals surface area contributed by atoms with Crippen LogP contribution in [0.2, 0.25) is 0 Å². The number of hydrogen-bond acceptors (Lipinski definition) is 6. The topological polar surface area (TPSA) is 92.1 Å². The van der Waals surface area contributed by atoms with Crippen LogP contribution in [0, 0.1) is 20.8 Å². The van der Waals surface area contributed by atoms with Crippen LogP contribution in [-0.4, -0.2) is 43.6 Å². The number of para-hydroxylation sites is 3. The fourth-order valence-corrected chi connectivity index (χ4v) is 7.02. The van der Waals surface area contributed by atoms with Gasteiger partial charge in [-0.1, -0.05) is 61.2 Å². The van der Waals surface area contributed by atoms with Gasteiger partial charge >= 0.3 is 0 Å². The van der Waals surface area contributed by atoms with E-state index < -0.39 is 0 Å². The van der Waals surface area contributed by atoms with Gasteiger partial charge in [0.1, 0.15) is 34.0 Å². The summed E-state index contributed by atoms with van der Waals surface area (Å²) in [6, 6.07) is 36.4.